The van der Waals surface area contributed by atoms with Crippen molar-refractivity contribution in [1.82, 2.24) is 10.4 Å². The molecular formula is C16H16N2O7S. The molecule has 1 aliphatic rings. The molecule has 0 radical (unpaired) electrons. The van der Waals surface area contributed by atoms with Crippen molar-refractivity contribution < 1.29 is 33.9 Å². The molecule has 1 heterocycles. The zero-order chi connectivity index (χ0) is 19.1. The Hall–Kier alpha value is -2.72. The standard InChI is InChI=1S/C16H16N2O7S/c19-8-11(15(23)25-18-13(21)6-7-14(18)22)17-12(20)9-26-16(24)10-4-2-1-3-5-10/h1-5,11,19H,6-9H2,(H,17,20). The number of benzene rings is 1. The van der Waals surface area contributed by atoms with Gasteiger partial charge in [-0.1, -0.05) is 42.1 Å². The van der Waals surface area contributed by atoms with Crippen LogP contribution in [0.1, 0.15) is 23.2 Å². The number of thioether (sulfide) groups is 1. The summed E-state index contributed by atoms with van der Waals surface area (Å²) >= 11 is 0.732. The van der Waals surface area contributed by atoms with Crippen LogP contribution in [0.4, 0.5) is 0 Å². The first kappa shape index (κ1) is 19.6. The molecule has 1 fully saturated rings. The second-order valence-electron chi connectivity index (χ2n) is 5.24. The second-order valence-corrected chi connectivity index (χ2v) is 6.19. The minimum atomic E-state index is -1.46. The van der Waals surface area contributed by atoms with Gasteiger partial charge in [-0.05, 0) is 0 Å². The Morgan fingerprint density at radius 1 is 1.15 bits per heavy atom. The lowest BCUT2D eigenvalue weighted by molar-refractivity contribution is -0.199. The number of aliphatic hydroxyl groups is 1. The summed E-state index contributed by atoms with van der Waals surface area (Å²) < 4.78 is 0. The highest BCUT2D eigenvalue weighted by Gasteiger charge is 2.35. The number of imide groups is 1. The van der Waals surface area contributed by atoms with Gasteiger partial charge in [0.1, 0.15) is 0 Å². The molecule has 0 spiro atoms. The van der Waals surface area contributed by atoms with Crippen LogP contribution < -0.4 is 5.32 Å². The number of carbonyl (C=O) groups is 5. The van der Waals surface area contributed by atoms with Crippen LogP contribution in [0, 0.1) is 0 Å². The molecule has 9 nitrogen and oxygen atoms in total. The molecular weight excluding hydrogens is 364 g/mol. The summed E-state index contributed by atoms with van der Waals surface area (Å²) in [5, 5.41) is 11.4. The van der Waals surface area contributed by atoms with Gasteiger partial charge in [0.2, 0.25) is 11.0 Å². The van der Waals surface area contributed by atoms with E-state index in [0.29, 0.717) is 10.6 Å². The highest BCUT2D eigenvalue weighted by atomic mass is 32.2. The summed E-state index contributed by atoms with van der Waals surface area (Å²) in [7, 11) is 0. The van der Waals surface area contributed by atoms with Crippen LogP contribution >= 0.6 is 11.8 Å². The molecule has 2 rings (SSSR count). The summed E-state index contributed by atoms with van der Waals surface area (Å²) in [6, 6.07) is 6.87. The summed E-state index contributed by atoms with van der Waals surface area (Å²) in [4.78, 5) is 63.1. The lowest BCUT2D eigenvalue weighted by Gasteiger charge is -2.18. The van der Waals surface area contributed by atoms with Crippen molar-refractivity contribution in [2.45, 2.75) is 18.9 Å². The predicted molar refractivity (Wildman–Crippen MR) is 89.4 cm³/mol. The molecule has 1 aliphatic heterocycles. The van der Waals surface area contributed by atoms with E-state index in [2.05, 4.69) is 10.2 Å². The molecule has 2 N–H and O–H groups in total. The Morgan fingerprint density at radius 2 is 1.77 bits per heavy atom. The summed E-state index contributed by atoms with van der Waals surface area (Å²) in [6.45, 7) is -0.794. The van der Waals surface area contributed by atoms with Gasteiger partial charge in [0.15, 0.2) is 6.04 Å². The first-order valence-corrected chi connectivity index (χ1v) is 8.61. The Kier molecular flexibility index (Phi) is 6.87. The molecule has 0 aromatic heterocycles. The molecule has 1 aromatic carbocycles. The molecule has 0 saturated carbocycles. The van der Waals surface area contributed by atoms with Crippen LogP contribution in [-0.4, -0.2) is 57.4 Å². The largest absolute Gasteiger partial charge is 0.394 e. The van der Waals surface area contributed by atoms with E-state index < -0.39 is 36.3 Å². The van der Waals surface area contributed by atoms with Crippen molar-refractivity contribution in [3.8, 4) is 0 Å². The van der Waals surface area contributed by atoms with Crippen LogP contribution in [0.3, 0.4) is 0 Å². The quantitative estimate of drug-likeness (QED) is 0.614. The number of aliphatic hydroxyl groups excluding tert-OH is 1. The molecule has 0 aliphatic carbocycles. The highest BCUT2D eigenvalue weighted by molar-refractivity contribution is 8.14. The van der Waals surface area contributed by atoms with Gasteiger partial charge in [0.25, 0.3) is 11.8 Å². The number of nitrogens with zero attached hydrogens (tertiary/aromatic N) is 1. The maximum absolute atomic E-state index is 11.9. The summed E-state index contributed by atoms with van der Waals surface area (Å²) in [5.74, 6) is -3.46. The van der Waals surface area contributed by atoms with Gasteiger partial charge < -0.3 is 15.3 Å². The molecule has 1 atom stereocenters. The number of hydrogen-bond donors (Lipinski definition) is 2. The van der Waals surface area contributed by atoms with E-state index in [1.54, 1.807) is 30.3 Å². The fraction of sp³-hybridized carbons (Fsp3) is 0.312. The summed E-state index contributed by atoms with van der Waals surface area (Å²) in [5.41, 5.74) is 0.425. The molecule has 1 saturated heterocycles. The van der Waals surface area contributed by atoms with Crippen LogP contribution in [0.15, 0.2) is 30.3 Å². The first-order valence-electron chi connectivity index (χ1n) is 7.62. The molecule has 3 amide bonds. The maximum Gasteiger partial charge on any atom is 0.357 e. The minimum Gasteiger partial charge on any atom is -0.394 e. The maximum atomic E-state index is 11.9. The van der Waals surface area contributed by atoms with Gasteiger partial charge >= 0.3 is 5.97 Å². The van der Waals surface area contributed by atoms with E-state index in [0.717, 1.165) is 11.8 Å². The number of hydroxylamine groups is 2. The van der Waals surface area contributed by atoms with Crippen LogP contribution in [-0.2, 0) is 24.0 Å². The van der Waals surface area contributed by atoms with Gasteiger partial charge in [-0.2, -0.15) is 0 Å². The number of nitrogens with one attached hydrogen (secondary N) is 1. The molecule has 26 heavy (non-hydrogen) atoms. The van der Waals surface area contributed by atoms with Gasteiger partial charge in [-0.3, -0.25) is 19.2 Å². The van der Waals surface area contributed by atoms with Crippen molar-refractivity contribution >= 4 is 40.6 Å². The number of amides is 3. The smallest absolute Gasteiger partial charge is 0.357 e. The van der Waals surface area contributed by atoms with E-state index >= 15 is 0 Å². The van der Waals surface area contributed by atoms with Crippen LogP contribution in [0.2, 0.25) is 0 Å². The monoisotopic (exact) mass is 380 g/mol. The van der Waals surface area contributed by atoms with E-state index in [1.165, 1.54) is 0 Å². The van der Waals surface area contributed by atoms with Crippen molar-refractivity contribution in [2.75, 3.05) is 12.4 Å². The Balaban J connectivity index is 1.83. The average molecular weight is 380 g/mol. The molecule has 0 bridgehead atoms. The Labute approximate surface area is 152 Å². The highest BCUT2D eigenvalue weighted by Crippen LogP contribution is 2.13. The lowest BCUT2D eigenvalue weighted by Crippen LogP contribution is -2.47. The topological polar surface area (TPSA) is 130 Å². The Morgan fingerprint density at radius 3 is 2.35 bits per heavy atom. The summed E-state index contributed by atoms with van der Waals surface area (Å²) in [6.07, 6.45) is -0.138. The van der Waals surface area contributed by atoms with Crippen molar-refractivity contribution in [3.05, 3.63) is 35.9 Å². The third-order valence-electron chi connectivity index (χ3n) is 3.33. The van der Waals surface area contributed by atoms with Gasteiger partial charge in [-0.25, -0.2) is 4.79 Å². The van der Waals surface area contributed by atoms with E-state index in [4.69, 9.17) is 0 Å². The molecule has 138 valence electrons. The average Bonchev–Trinajstić information content (AvgIpc) is 2.96. The van der Waals surface area contributed by atoms with Crippen molar-refractivity contribution in [1.29, 1.82) is 0 Å². The van der Waals surface area contributed by atoms with Crippen LogP contribution in [0.25, 0.3) is 0 Å². The van der Waals surface area contributed by atoms with E-state index in [9.17, 15) is 29.1 Å². The van der Waals surface area contributed by atoms with Crippen molar-refractivity contribution in [3.63, 3.8) is 0 Å². The normalized spacial score (nSPS) is 14.9. The zero-order valence-electron chi connectivity index (χ0n) is 13.5. The van der Waals surface area contributed by atoms with Gasteiger partial charge in [0.05, 0.1) is 12.4 Å². The first-order chi connectivity index (χ1) is 12.4. The van der Waals surface area contributed by atoms with Gasteiger partial charge in [-0.15, -0.1) is 5.06 Å². The molecule has 1 aromatic rings. The molecule has 1 unspecified atom stereocenters. The predicted octanol–water partition coefficient (Wildman–Crippen LogP) is -0.356. The SMILES string of the molecule is O=C(CSC(=O)c1ccccc1)NC(CO)C(=O)ON1C(=O)CCC1=O. The second kappa shape index (κ2) is 9.11. The fourth-order valence-electron chi connectivity index (χ4n) is 2.02. The van der Waals surface area contributed by atoms with Crippen molar-refractivity contribution in [2.24, 2.45) is 0 Å². The number of rotatable bonds is 7. The molecule has 10 heteroatoms. The minimum absolute atomic E-state index is 0.0689. The fourth-order valence-corrected chi connectivity index (χ4v) is 2.66. The van der Waals surface area contributed by atoms with E-state index in [-0.39, 0.29) is 23.7 Å². The number of carbonyl (C=O) groups excluding carboxylic acids is 5. The third kappa shape index (κ3) is 5.14. The zero-order valence-corrected chi connectivity index (χ0v) is 14.4. The number of hydrogen-bond acceptors (Lipinski definition) is 8. The van der Waals surface area contributed by atoms with Crippen LogP contribution in [0.5, 0.6) is 0 Å². The lowest BCUT2D eigenvalue weighted by atomic mass is 10.2. The Bertz CT molecular complexity index is 707. The third-order valence-corrected chi connectivity index (χ3v) is 4.24. The van der Waals surface area contributed by atoms with Gasteiger partial charge in [0, 0.05) is 18.4 Å². The van der Waals surface area contributed by atoms with E-state index in [1.807, 2.05) is 0 Å².